The Kier molecular flexibility index (Phi) is 5.63. The fraction of sp³-hybridized carbons (Fsp3) is 0.368. The van der Waals surface area contributed by atoms with Gasteiger partial charge in [-0.1, -0.05) is 29.8 Å². The molecule has 1 fully saturated rings. The Hall–Kier alpha value is -2.44. The number of carbonyl (C=O) groups excluding carboxylic acids is 1. The SMILES string of the molecule is Cc1cccc([C@@H](CNC(=O)c2ccc(=O)[nH]c2)N2CCOCC2)c1. The number of aryl methyl sites for hydroxylation is 1. The Morgan fingerprint density at radius 2 is 2.08 bits per heavy atom. The van der Waals surface area contributed by atoms with E-state index in [9.17, 15) is 9.59 Å². The lowest BCUT2D eigenvalue weighted by Crippen LogP contribution is -2.43. The molecule has 1 aromatic carbocycles. The number of aromatic nitrogens is 1. The van der Waals surface area contributed by atoms with Crippen LogP contribution in [-0.4, -0.2) is 48.6 Å². The van der Waals surface area contributed by atoms with Gasteiger partial charge in [0.05, 0.1) is 24.8 Å². The lowest BCUT2D eigenvalue weighted by molar-refractivity contribution is 0.0162. The Labute approximate surface area is 146 Å². The van der Waals surface area contributed by atoms with E-state index >= 15 is 0 Å². The minimum atomic E-state index is -0.220. The first-order valence-electron chi connectivity index (χ1n) is 8.49. The Balaban J connectivity index is 1.74. The van der Waals surface area contributed by atoms with Crippen molar-refractivity contribution < 1.29 is 9.53 Å². The molecule has 1 saturated heterocycles. The summed E-state index contributed by atoms with van der Waals surface area (Å²) in [6.45, 7) is 5.66. The average Bonchev–Trinajstić information content (AvgIpc) is 2.63. The molecule has 1 atom stereocenters. The summed E-state index contributed by atoms with van der Waals surface area (Å²) in [5, 5.41) is 2.99. The van der Waals surface area contributed by atoms with Crippen molar-refractivity contribution in [3.05, 3.63) is 69.6 Å². The fourth-order valence-corrected chi connectivity index (χ4v) is 3.07. The molecule has 2 heterocycles. The van der Waals surface area contributed by atoms with Crippen LogP contribution in [0.2, 0.25) is 0 Å². The van der Waals surface area contributed by atoms with Crippen LogP contribution in [0.15, 0.2) is 47.4 Å². The van der Waals surface area contributed by atoms with Gasteiger partial charge in [-0.05, 0) is 18.6 Å². The summed E-state index contributed by atoms with van der Waals surface area (Å²) in [6.07, 6.45) is 1.44. The number of ether oxygens (including phenoxy) is 1. The van der Waals surface area contributed by atoms with Crippen LogP contribution in [0.1, 0.15) is 27.5 Å². The molecule has 0 unspecified atom stereocenters. The molecule has 0 saturated carbocycles. The van der Waals surface area contributed by atoms with E-state index in [1.165, 1.54) is 29.5 Å². The Bertz CT molecular complexity index is 761. The number of pyridine rings is 1. The predicted octanol–water partition coefficient (Wildman–Crippen LogP) is 1.49. The summed E-state index contributed by atoms with van der Waals surface area (Å²) in [5.41, 5.74) is 2.61. The number of aromatic amines is 1. The zero-order valence-corrected chi connectivity index (χ0v) is 14.3. The lowest BCUT2D eigenvalue weighted by Gasteiger charge is -2.35. The van der Waals surface area contributed by atoms with Crippen molar-refractivity contribution in [1.82, 2.24) is 15.2 Å². The summed E-state index contributed by atoms with van der Waals surface area (Å²) in [6, 6.07) is 11.3. The van der Waals surface area contributed by atoms with E-state index in [-0.39, 0.29) is 17.5 Å². The van der Waals surface area contributed by atoms with Gasteiger partial charge in [0.1, 0.15) is 0 Å². The van der Waals surface area contributed by atoms with Crippen molar-refractivity contribution >= 4 is 5.91 Å². The second kappa shape index (κ2) is 8.09. The van der Waals surface area contributed by atoms with Crippen LogP contribution in [0.4, 0.5) is 0 Å². The summed E-state index contributed by atoms with van der Waals surface area (Å²) < 4.78 is 5.45. The number of nitrogens with zero attached hydrogens (tertiary/aromatic N) is 1. The molecule has 2 aromatic rings. The third kappa shape index (κ3) is 4.55. The molecular formula is C19H23N3O3. The van der Waals surface area contributed by atoms with E-state index in [0.29, 0.717) is 25.3 Å². The van der Waals surface area contributed by atoms with E-state index in [1.807, 2.05) is 6.07 Å². The van der Waals surface area contributed by atoms with Crippen LogP contribution in [0, 0.1) is 6.92 Å². The van der Waals surface area contributed by atoms with Crippen molar-refractivity contribution in [2.24, 2.45) is 0 Å². The molecule has 6 heteroatoms. The van der Waals surface area contributed by atoms with Gasteiger partial charge in [0.2, 0.25) is 5.56 Å². The van der Waals surface area contributed by atoms with Crippen LogP contribution >= 0.6 is 0 Å². The molecule has 132 valence electrons. The summed E-state index contributed by atoms with van der Waals surface area (Å²) in [4.78, 5) is 28.4. The predicted molar refractivity (Wildman–Crippen MR) is 95.7 cm³/mol. The maximum absolute atomic E-state index is 12.4. The third-order valence-corrected chi connectivity index (χ3v) is 4.42. The van der Waals surface area contributed by atoms with Gasteiger partial charge in [-0.25, -0.2) is 0 Å². The molecule has 3 rings (SSSR count). The number of benzene rings is 1. The molecular weight excluding hydrogens is 318 g/mol. The zero-order chi connectivity index (χ0) is 17.6. The first-order chi connectivity index (χ1) is 12.1. The Morgan fingerprint density at radius 3 is 2.76 bits per heavy atom. The van der Waals surface area contributed by atoms with Gasteiger partial charge in [-0.2, -0.15) is 0 Å². The summed E-state index contributed by atoms with van der Waals surface area (Å²) >= 11 is 0. The average molecular weight is 341 g/mol. The quantitative estimate of drug-likeness (QED) is 0.864. The highest BCUT2D eigenvalue weighted by atomic mass is 16.5. The van der Waals surface area contributed by atoms with Gasteiger partial charge in [-0.15, -0.1) is 0 Å². The van der Waals surface area contributed by atoms with Gasteiger partial charge in [-0.3, -0.25) is 14.5 Å². The molecule has 0 bridgehead atoms. The minimum absolute atomic E-state index is 0.0931. The molecule has 0 aliphatic carbocycles. The molecule has 1 aliphatic heterocycles. The molecule has 6 nitrogen and oxygen atoms in total. The number of carbonyl (C=O) groups is 1. The Morgan fingerprint density at radius 1 is 1.28 bits per heavy atom. The lowest BCUT2D eigenvalue weighted by atomic mass is 10.0. The maximum atomic E-state index is 12.4. The molecule has 1 aliphatic rings. The van der Waals surface area contributed by atoms with Gasteiger partial charge >= 0.3 is 0 Å². The standard InChI is InChI=1S/C19H23N3O3/c1-14-3-2-4-15(11-14)17(22-7-9-25-10-8-22)13-21-19(24)16-5-6-18(23)20-12-16/h2-6,11-12,17H,7-10,13H2,1H3,(H,20,23)(H,21,24)/t17-/m1/s1. The first-order valence-corrected chi connectivity index (χ1v) is 8.49. The third-order valence-electron chi connectivity index (χ3n) is 4.42. The van der Waals surface area contributed by atoms with Gasteiger partial charge in [0.15, 0.2) is 0 Å². The second-order valence-corrected chi connectivity index (χ2v) is 6.23. The van der Waals surface area contributed by atoms with Crippen LogP contribution in [0.3, 0.4) is 0 Å². The monoisotopic (exact) mass is 341 g/mol. The van der Waals surface area contributed by atoms with Crippen molar-refractivity contribution in [2.75, 3.05) is 32.8 Å². The van der Waals surface area contributed by atoms with Crippen LogP contribution < -0.4 is 10.9 Å². The van der Waals surface area contributed by atoms with Crippen molar-refractivity contribution in [2.45, 2.75) is 13.0 Å². The van der Waals surface area contributed by atoms with Crippen molar-refractivity contribution in [3.63, 3.8) is 0 Å². The number of morpholine rings is 1. The maximum Gasteiger partial charge on any atom is 0.252 e. The highest BCUT2D eigenvalue weighted by molar-refractivity contribution is 5.93. The molecule has 0 radical (unpaired) electrons. The van der Waals surface area contributed by atoms with E-state index in [1.54, 1.807) is 0 Å². The normalized spacial score (nSPS) is 16.4. The van der Waals surface area contributed by atoms with Crippen molar-refractivity contribution in [1.29, 1.82) is 0 Å². The first kappa shape index (κ1) is 17.4. The number of rotatable bonds is 5. The van der Waals surface area contributed by atoms with E-state index in [2.05, 4.69) is 40.3 Å². The fourth-order valence-electron chi connectivity index (χ4n) is 3.07. The smallest absolute Gasteiger partial charge is 0.252 e. The second-order valence-electron chi connectivity index (χ2n) is 6.23. The number of H-pyrrole nitrogens is 1. The van der Waals surface area contributed by atoms with Gasteiger partial charge in [0, 0.05) is 31.9 Å². The number of hydrogen-bond donors (Lipinski definition) is 2. The number of nitrogens with one attached hydrogen (secondary N) is 2. The highest BCUT2D eigenvalue weighted by Crippen LogP contribution is 2.22. The summed E-state index contributed by atoms with van der Waals surface area (Å²) in [7, 11) is 0. The van der Waals surface area contributed by atoms with Gasteiger partial charge < -0.3 is 15.0 Å². The highest BCUT2D eigenvalue weighted by Gasteiger charge is 2.23. The molecule has 0 spiro atoms. The van der Waals surface area contributed by atoms with Crippen LogP contribution in [0.5, 0.6) is 0 Å². The van der Waals surface area contributed by atoms with E-state index in [4.69, 9.17) is 4.74 Å². The van der Waals surface area contributed by atoms with Gasteiger partial charge in [0.25, 0.3) is 5.91 Å². The van der Waals surface area contributed by atoms with Crippen molar-refractivity contribution in [3.8, 4) is 0 Å². The van der Waals surface area contributed by atoms with E-state index < -0.39 is 0 Å². The molecule has 1 amide bonds. The zero-order valence-electron chi connectivity index (χ0n) is 14.3. The minimum Gasteiger partial charge on any atom is -0.379 e. The van der Waals surface area contributed by atoms with Crippen LogP contribution in [-0.2, 0) is 4.74 Å². The number of amides is 1. The largest absolute Gasteiger partial charge is 0.379 e. The molecule has 1 aromatic heterocycles. The topological polar surface area (TPSA) is 74.4 Å². The van der Waals surface area contributed by atoms with E-state index in [0.717, 1.165) is 13.1 Å². The molecule has 25 heavy (non-hydrogen) atoms. The molecule has 2 N–H and O–H groups in total. The number of hydrogen-bond acceptors (Lipinski definition) is 4. The van der Waals surface area contributed by atoms with Crippen LogP contribution in [0.25, 0.3) is 0 Å². The summed E-state index contributed by atoms with van der Waals surface area (Å²) in [5.74, 6) is -0.192.